The fraction of sp³-hybridized carbons (Fsp3) is 0.0400. The van der Waals surface area contributed by atoms with E-state index in [1.165, 1.54) is 43.9 Å². The first-order valence-corrected chi connectivity index (χ1v) is 9.57. The lowest BCUT2D eigenvalue weighted by atomic mass is 9.96. The molecule has 1 aliphatic carbocycles. The minimum absolute atomic E-state index is 0.934. The highest BCUT2D eigenvalue weighted by molar-refractivity contribution is 6.19. The molecule has 0 radical (unpaired) electrons. The zero-order chi connectivity index (χ0) is 18.2. The maximum atomic E-state index is 5.04. The molecule has 3 heteroatoms. The second-order valence-corrected chi connectivity index (χ2v) is 7.51. The molecule has 6 aromatic rings. The van der Waals surface area contributed by atoms with Crippen molar-refractivity contribution in [3.63, 3.8) is 0 Å². The van der Waals surface area contributed by atoms with Crippen LogP contribution in [0.25, 0.3) is 49.5 Å². The molecule has 0 saturated carbocycles. The van der Waals surface area contributed by atoms with Gasteiger partial charge in [-0.3, -0.25) is 9.38 Å². The van der Waals surface area contributed by atoms with Crippen LogP contribution in [0.1, 0.15) is 11.1 Å². The number of nitrogens with zero attached hydrogens (tertiary/aromatic N) is 3. The number of hydrogen-bond acceptors (Lipinski definition) is 2. The van der Waals surface area contributed by atoms with Crippen molar-refractivity contribution in [2.45, 2.75) is 6.42 Å². The van der Waals surface area contributed by atoms with Gasteiger partial charge in [0.05, 0.1) is 17.2 Å². The predicted octanol–water partition coefficient (Wildman–Crippen LogP) is 5.76. The number of hydrogen-bond donors (Lipinski definition) is 0. The molecule has 3 aromatic carbocycles. The summed E-state index contributed by atoms with van der Waals surface area (Å²) in [5.74, 6) is 0. The lowest BCUT2D eigenvalue weighted by Crippen LogP contribution is -1.93. The Morgan fingerprint density at radius 2 is 1.64 bits per heavy atom. The van der Waals surface area contributed by atoms with Crippen molar-refractivity contribution in [1.29, 1.82) is 0 Å². The van der Waals surface area contributed by atoms with Gasteiger partial charge in [-0.15, -0.1) is 0 Å². The maximum Gasteiger partial charge on any atom is 0.147 e. The Morgan fingerprint density at radius 1 is 0.750 bits per heavy atom. The Labute approximate surface area is 160 Å². The summed E-state index contributed by atoms with van der Waals surface area (Å²) in [7, 11) is 0. The fourth-order valence-electron chi connectivity index (χ4n) is 4.92. The molecule has 7 rings (SSSR count). The zero-order valence-corrected chi connectivity index (χ0v) is 15.1. The molecule has 0 amide bonds. The summed E-state index contributed by atoms with van der Waals surface area (Å²) >= 11 is 0. The van der Waals surface area contributed by atoms with Crippen LogP contribution in [-0.2, 0) is 6.42 Å². The van der Waals surface area contributed by atoms with Crippen LogP contribution in [0.3, 0.4) is 0 Å². The summed E-state index contributed by atoms with van der Waals surface area (Å²) in [5, 5.41) is 3.77. The first-order chi connectivity index (χ1) is 13.9. The van der Waals surface area contributed by atoms with Crippen molar-refractivity contribution in [3.05, 3.63) is 90.3 Å². The van der Waals surface area contributed by atoms with Crippen molar-refractivity contribution in [2.75, 3.05) is 0 Å². The highest BCUT2D eigenvalue weighted by atomic mass is 15.0. The standard InChI is InChI=1S/C25H15N3/c1-2-6-17-15(5-1)13-16-9-10-19-18-7-3-4-8-21(18)28-22-11-12-26-14-20(22)27-25(28)24(19)23(16)17/h1-12,14H,13H2. The predicted molar refractivity (Wildman–Crippen MR) is 114 cm³/mol. The summed E-state index contributed by atoms with van der Waals surface area (Å²) in [6, 6.07) is 24.0. The number of rotatable bonds is 0. The highest BCUT2D eigenvalue weighted by Gasteiger charge is 2.24. The lowest BCUT2D eigenvalue weighted by Gasteiger charge is -2.13. The first-order valence-electron chi connectivity index (χ1n) is 9.57. The van der Waals surface area contributed by atoms with E-state index in [1.807, 2.05) is 12.4 Å². The second-order valence-electron chi connectivity index (χ2n) is 7.51. The summed E-state index contributed by atoms with van der Waals surface area (Å²) in [6.45, 7) is 0. The van der Waals surface area contributed by atoms with Crippen molar-refractivity contribution in [3.8, 4) is 11.1 Å². The molecule has 0 saturated heterocycles. The molecule has 0 fully saturated rings. The van der Waals surface area contributed by atoms with Crippen molar-refractivity contribution >= 4 is 38.4 Å². The number of para-hydroxylation sites is 1. The molecule has 0 spiro atoms. The monoisotopic (exact) mass is 357 g/mol. The van der Waals surface area contributed by atoms with Gasteiger partial charge in [-0.05, 0) is 46.2 Å². The highest BCUT2D eigenvalue weighted by Crippen LogP contribution is 2.44. The van der Waals surface area contributed by atoms with Crippen molar-refractivity contribution in [1.82, 2.24) is 14.4 Å². The Balaban J connectivity index is 1.84. The van der Waals surface area contributed by atoms with E-state index in [0.29, 0.717) is 0 Å². The topological polar surface area (TPSA) is 30.2 Å². The largest absolute Gasteiger partial charge is 0.292 e. The quantitative estimate of drug-likeness (QED) is 0.323. The van der Waals surface area contributed by atoms with E-state index in [0.717, 1.165) is 23.1 Å². The fourth-order valence-corrected chi connectivity index (χ4v) is 4.92. The van der Waals surface area contributed by atoms with Crippen LogP contribution in [0.15, 0.2) is 79.1 Å². The van der Waals surface area contributed by atoms with E-state index in [1.54, 1.807) is 0 Å². The zero-order valence-electron chi connectivity index (χ0n) is 15.1. The van der Waals surface area contributed by atoms with Crippen LogP contribution < -0.4 is 0 Å². The van der Waals surface area contributed by atoms with E-state index in [-0.39, 0.29) is 0 Å². The third kappa shape index (κ3) is 1.65. The number of benzene rings is 3. The van der Waals surface area contributed by atoms with Crippen LogP contribution in [0.5, 0.6) is 0 Å². The van der Waals surface area contributed by atoms with Crippen LogP contribution in [0.2, 0.25) is 0 Å². The minimum atomic E-state index is 0.934. The van der Waals surface area contributed by atoms with Gasteiger partial charge in [0.15, 0.2) is 0 Å². The van der Waals surface area contributed by atoms with Crippen LogP contribution in [-0.4, -0.2) is 14.4 Å². The van der Waals surface area contributed by atoms with E-state index in [9.17, 15) is 0 Å². The molecule has 0 atom stereocenters. The smallest absolute Gasteiger partial charge is 0.147 e. The third-order valence-electron chi connectivity index (χ3n) is 6.07. The molecular weight excluding hydrogens is 342 g/mol. The number of aromatic nitrogens is 3. The molecule has 0 N–H and O–H groups in total. The maximum absolute atomic E-state index is 5.04. The molecule has 130 valence electrons. The van der Waals surface area contributed by atoms with Gasteiger partial charge < -0.3 is 0 Å². The first kappa shape index (κ1) is 14.4. The van der Waals surface area contributed by atoms with E-state index in [2.05, 4.69) is 76.1 Å². The van der Waals surface area contributed by atoms with Gasteiger partial charge in [0, 0.05) is 17.0 Å². The average Bonchev–Trinajstić information content (AvgIpc) is 3.32. The minimum Gasteiger partial charge on any atom is -0.292 e. The summed E-state index contributed by atoms with van der Waals surface area (Å²) in [5.41, 5.74) is 9.70. The van der Waals surface area contributed by atoms with Crippen molar-refractivity contribution < 1.29 is 0 Å². The number of imidazole rings is 1. The van der Waals surface area contributed by atoms with Crippen LogP contribution in [0, 0.1) is 0 Å². The van der Waals surface area contributed by atoms with Gasteiger partial charge in [0.1, 0.15) is 11.2 Å². The normalized spacial score (nSPS) is 12.9. The molecule has 3 aromatic heterocycles. The van der Waals surface area contributed by atoms with Gasteiger partial charge in [0.2, 0.25) is 0 Å². The number of pyridine rings is 2. The average molecular weight is 357 g/mol. The summed E-state index contributed by atoms with van der Waals surface area (Å²) in [6.07, 6.45) is 4.70. The van der Waals surface area contributed by atoms with Gasteiger partial charge >= 0.3 is 0 Å². The van der Waals surface area contributed by atoms with Gasteiger partial charge in [-0.25, -0.2) is 4.98 Å². The Morgan fingerprint density at radius 3 is 2.64 bits per heavy atom. The van der Waals surface area contributed by atoms with Crippen LogP contribution in [0.4, 0.5) is 0 Å². The van der Waals surface area contributed by atoms with Crippen molar-refractivity contribution in [2.24, 2.45) is 0 Å². The molecular formula is C25H15N3. The summed E-state index contributed by atoms with van der Waals surface area (Å²) in [4.78, 5) is 9.35. The molecule has 28 heavy (non-hydrogen) atoms. The SMILES string of the molecule is c1ccc2c(c1)Cc1ccc3c4ccccc4n4c5ccncc5nc4c3c1-2. The van der Waals surface area contributed by atoms with Crippen LogP contribution >= 0.6 is 0 Å². The third-order valence-corrected chi connectivity index (χ3v) is 6.07. The molecule has 3 heterocycles. The Kier molecular flexibility index (Phi) is 2.54. The second kappa shape index (κ2) is 4.96. The Hall–Kier alpha value is -3.72. The number of fused-ring (bicyclic) bond motifs is 12. The molecule has 0 unspecified atom stereocenters. The molecule has 0 aliphatic heterocycles. The van der Waals surface area contributed by atoms with E-state index in [4.69, 9.17) is 4.98 Å². The molecule has 1 aliphatic rings. The Bertz CT molecular complexity index is 1590. The van der Waals surface area contributed by atoms with Gasteiger partial charge in [-0.2, -0.15) is 0 Å². The molecule has 0 bridgehead atoms. The van der Waals surface area contributed by atoms with Gasteiger partial charge in [-0.1, -0.05) is 54.6 Å². The van der Waals surface area contributed by atoms with Gasteiger partial charge in [0.25, 0.3) is 0 Å². The van der Waals surface area contributed by atoms with E-state index < -0.39 is 0 Å². The summed E-state index contributed by atoms with van der Waals surface area (Å²) < 4.78 is 2.30. The molecule has 3 nitrogen and oxygen atoms in total. The van der Waals surface area contributed by atoms with E-state index >= 15 is 0 Å². The lowest BCUT2D eigenvalue weighted by molar-refractivity contribution is 1.26.